The van der Waals surface area contributed by atoms with E-state index in [4.69, 9.17) is 11.8 Å². The maximum absolute atomic E-state index is 12.5. The Kier molecular flexibility index (Phi) is 4.21. The molecule has 0 aliphatic heterocycles. The smallest absolute Gasteiger partial charge is 0.308 e. The first-order chi connectivity index (χ1) is 11.2. The Morgan fingerprint density at radius 1 is 1.00 bits per heavy atom. The Hall–Kier alpha value is -2.92. The summed E-state index contributed by atoms with van der Waals surface area (Å²) in [6, 6.07) is 15.5. The second-order valence-corrected chi connectivity index (χ2v) is 5.11. The van der Waals surface area contributed by atoms with Crippen LogP contribution in [0.3, 0.4) is 0 Å². The van der Waals surface area contributed by atoms with Crippen molar-refractivity contribution in [3.8, 4) is 0 Å². The van der Waals surface area contributed by atoms with E-state index in [0.717, 1.165) is 4.42 Å². The second-order valence-electron chi connectivity index (χ2n) is 4.77. The predicted octanol–water partition coefficient (Wildman–Crippen LogP) is 3.44. The van der Waals surface area contributed by atoms with Gasteiger partial charge in [-0.1, -0.05) is 42.5 Å². The van der Waals surface area contributed by atoms with Gasteiger partial charge in [-0.15, -0.1) is 0 Å². The average molecular weight is 326 g/mol. The number of hydrogen-bond acceptors (Lipinski definition) is 3. The predicted molar refractivity (Wildman–Crippen MR) is 87.6 cm³/mol. The van der Waals surface area contributed by atoms with E-state index in [1.807, 2.05) is 6.07 Å². The van der Waals surface area contributed by atoms with Crippen molar-refractivity contribution >= 4 is 29.2 Å². The summed E-state index contributed by atoms with van der Waals surface area (Å²) in [6.45, 7) is 0. The van der Waals surface area contributed by atoms with Gasteiger partial charge in [0, 0.05) is 35.3 Å². The van der Waals surface area contributed by atoms with Crippen molar-refractivity contribution in [1.29, 1.82) is 0 Å². The molecule has 0 aliphatic carbocycles. The lowest BCUT2D eigenvalue weighted by Crippen LogP contribution is -2.22. The summed E-state index contributed by atoms with van der Waals surface area (Å²) in [5, 5.41) is 0. The maximum atomic E-state index is 12.5. The molecule has 1 amide bonds. The van der Waals surface area contributed by atoms with Crippen LogP contribution in [0.2, 0.25) is 0 Å². The fourth-order valence-corrected chi connectivity index (χ4v) is 2.30. The maximum Gasteiger partial charge on any atom is 0.308 e. The molecule has 1 aromatic heterocycles. The number of amides is 1. The van der Waals surface area contributed by atoms with Crippen molar-refractivity contribution in [3.63, 3.8) is 0 Å². The Morgan fingerprint density at radius 3 is 2.43 bits per heavy atom. The van der Waals surface area contributed by atoms with Gasteiger partial charge in [0.1, 0.15) is 0 Å². The van der Waals surface area contributed by atoms with E-state index >= 15 is 0 Å². The first kappa shape index (κ1) is 15.0. The highest BCUT2D eigenvalue weighted by Crippen LogP contribution is 2.21. The molecule has 0 fully saturated rings. The third-order valence-electron chi connectivity index (χ3n) is 3.25. The summed E-state index contributed by atoms with van der Waals surface area (Å²) in [7, 11) is 0. The minimum atomic E-state index is -0.499. The van der Waals surface area contributed by atoms with Gasteiger partial charge >= 0.3 is 5.91 Å². The van der Waals surface area contributed by atoms with Gasteiger partial charge in [-0.2, -0.15) is 0 Å². The minimum absolute atomic E-state index is 0.125. The highest BCUT2D eigenvalue weighted by Gasteiger charge is 2.19. The first-order valence-electron chi connectivity index (χ1n) is 6.86. The summed E-state index contributed by atoms with van der Waals surface area (Å²) in [5.41, 5.74) is 1.42. The van der Waals surface area contributed by atoms with Crippen LogP contribution < -0.4 is 4.42 Å². The van der Waals surface area contributed by atoms with Crippen molar-refractivity contribution in [1.82, 2.24) is 9.97 Å². The molecule has 114 valence electrons. The zero-order valence-electron chi connectivity index (χ0n) is 11.9. The van der Waals surface area contributed by atoms with Crippen molar-refractivity contribution in [2.24, 2.45) is 0 Å². The van der Waals surface area contributed by atoms with Crippen LogP contribution in [0, 0.1) is 0 Å². The van der Waals surface area contributed by atoms with Gasteiger partial charge in [-0.25, -0.2) is 9.40 Å². The van der Waals surface area contributed by atoms with E-state index in [0.29, 0.717) is 16.8 Å². The van der Waals surface area contributed by atoms with Crippen LogP contribution in [0.15, 0.2) is 67.0 Å². The van der Waals surface area contributed by atoms with E-state index in [9.17, 15) is 9.59 Å². The number of rotatable bonds is 4. The first-order valence-corrected chi connectivity index (χ1v) is 7.20. The van der Waals surface area contributed by atoms with Gasteiger partial charge in [-0.05, 0) is 12.1 Å². The van der Waals surface area contributed by atoms with Crippen LogP contribution in [0.25, 0.3) is 0 Å². The molecule has 0 radical (unpaired) electrons. The van der Waals surface area contributed by atoms with Crippen molar-refractivity contribution in [3.05, 3.63) is 83.9 Å². The summed E-state index contributed by atoms with van der Waals surface area (Å²) in [5.74, 6) is -0.510. The average Bonchev–Trinajstić information content (AvgIpc) is 3.15. The minimum Gasteiger partial charge on any atom is -0.340 e. The zero-order chi connectivity index (χ0) is 16.2. The number of aromatic amines is 1. The number of benzene rings is 2. The molecule has 0 atom stereocenters. The number of hydrogen-bond donors (Lipinski definition) is 1. The number of carbonyl (C=O) groups excluding carboxylic acids is 2. The topological polar surface area (TPSA) is 66.1 Å². The molecular formula is C17H12ClN3O2. The van der Waals surface area contributed by atoms with Crippen molar-refractivity contribution < 1.29 is 9.59 Å². The fraction of sp³-hybridized carbons (Fsp3) is 0. The normalized spacial score (nSPS) is 10.3. The van der Waals surface area contributed by atoms with Gasteiger partial charge in [0.2, 0.25) is 0 Å². The number of H-pyrrole nitrogens is 1. The molecule has 0 spiro atoms. The molecule has 0 saturated heterocycles. The van der Waals surface area contributed by atoms with Gasteiger partial charge in [-0.3, -0.25) is 9.59 Å². The SMILES string of the molecule is O=C(c1ccccc1)c1cccc(N(Cl)C(=O)c2ncc[nH]2)c1. The van der Waals surface area contributed by atoms with Crippen LogP contribution >= 0.6 is 11.8 Å². The summed E-state index contributed by atoms with van der Waals surface area (Å²) in [6.07, 6.45) is 3.00. The second kappa shape index (κ2) is 6.46. The monoisotopic (exact) mass is 325 g/mol. The lowest BCUT2D eigenvalue weighted by atomic mass is 10.0. The largest absolute Gasteiger partial charge is 0.340 e. The van der Waals surface area contributed by atoms with Crippen LogP contribution in [-0.2, 0) is 0 Å². The zero-order valence-corrected chi connectivity index (χ0v) is 12.7. The Morgan fingerprint density at radius 2 is 1.74 bits per heavy atom. The standard InChI is InChI=1S/C17H12ClN3O2/c18-21(17(23)16-19-9-10-20-16)14-8-4-7-13(11-14)15(22)12-5-2-1-3-6-12/h1-11H,(H,19,20). The molecule has 3 rings (SSSR count). The van der Waals surface area contributed by atoms with Crippen LogP contribution in [0.4, 0.5) is 5.69 Å². The third kappa shape index (κ3) is 3.14. The molecule has 1 heterocycles. The number of nitrogens with one attached hydrogen (secondary N) is 1. The Balaban J connectivity index is 1.88. The number of halogens is 1. The molecule has 23 heavy (non-hydrogen) atoms. The number of anilines is 1. The van der Waals surface area contributed by atoms with Gasteiger partial charge in [0.25, 0.3) is 0 Å². The molecule has 3 aromatic rings. The fourth-order valence-electron chi connectivity index (χ4n) is 2.12. The molecule has 0 saturated carbocycles. The van der Waals surface area contributed by atoms with E-state index in [1.165, 1.54) is 12.4 Å². The van der Waals surface area contributed by atoms with Crippen molar-refractivity contribution in [2.45, 2.75) is 0 Å². The third-order valence-corrected chi connectivity index (χ3v) is 3.60. The summed E-state index contributed by atoms with van der Waals surface area (Å²) >= 11 is 6.08. The van der Waals surface area contributed by atoms with E-state index in [-0.39, 0.29) is 11.6 Å². The lowest BCUT2D eigenvalue weighted by Gasteiger charge is -2.13. The Bertz CT molecular complexity index is 832. The lowest BCUT2D eigenvalue weighted by molar-refractivity contribution is 0.0994. The van der Waals surface area contributed by atoms with E-state index in [1.54, 1.807) is 48.5 Å². The highest BCUT2D eigenvalue weighted by molar-refractivity contribution is 6.38. The van der Waals surface area contributed by atoms with Crippen LogP contribution in [0.5, 0.6) is 0 Å². The summed E-state index contributed by atoms with van der Waals surface area (Å²) in [4.78, 5) is 31.2. The quantitative estimate of drug-likeness (QED) is 0.590. The molecule has 0 aliphatic rings. The molecule has 2 aromatic carbocycles. The molecule has 1 N–H and O–H groups in total. The molecule has 0 bridgehead atoms. The molecular weight excluding hydrogens is 314 g/mol. The highest BCUT2D eigenvalue weighted by atomic mass is 35.5. The number of nitrogens with zero attached hydrogens (tertiary/aromatic N) is 2. The summed E-state index contributed by atoms with van der Waals surface area (Å²) < 4.78 is 0.931. The van der Waals surface area contributed by atoms with Crippen molar-refractivity contribution in [2.75, 3.05) is 4.42 Å². The molecule has 6 heteroatoms. The number of aromatic nitrogens is 2. The van der Waals surface area contributed by atoms with E-state index in [2.05, 4.69) is 9.97 Å². The number of carbonyl (C=O) groups is 2. The number of imidazole rings is 1. The number of ketones is 1. The van der Waals surface area contributed by atoms with Crippen LogP contribution in [0.1, 0.15) is 26.5 Å². The Labute approximate surface area is 137 Å². The molecule has 0 unspecified atom stereocenters. The van der Waals surface area contributed by atoms with Crippen LogP contribution in [-0.4, -0.2) is 21.7 Å². The van der Waals surface area contributed by atoms with Gasteiger partial charge in [0.15, 0.2) is 11.6 Å². The molecule has 5 nitrogen and oxygen atoms in total. The van der Waals surface area contributed by atoms with Gasteiger partial charge < -0.3 is 4.98 Å². The van der Waals surface area contributed by atoms with Gasteiger partial charge in [0.05, 0.1) is 5.69 Å². The van der Waals surface area contributed by atoms with E-state index < -0.39 is 5.91 Å².